The molecule has 0 aliphatic carbocycles. The quantitative estimate of drug-likeness (QED) is 0.428. The summed E-state index contributed by atoms with van der Waals surface area (Å²) in [5.74, 6) is -0.825. The standard InChI is InChI=1S/C27H29NO3/c1-2-3-20-28(25-14-8-7-12-23(25)13-9-15-26(29)30)27(31)24-18-16-22(17-19-24)21-10-5-4-6-11-21/h4-8,10-12,14,16-19H,2-3,9,13,15,20H2,1H3,(H,29,30). The summed E-state index contributed by atoms with van der Waals surface area (Å²) in [6.07, 6.45) is 3.19. The fourth-order valence-corrected chi connectivity index (χ4v) is 3.65. The van der Waals surface area contributed by atoms with Gasteiger partial charge in [0.1, 0.15) is 0 Å². The molecular weight excluding hydrogens is 386 g/mol. The van der Waals surface area contributed by atoms with Crippen LogP contribution < -0.4 is 4.90 Å². The Bertz CT molecular complexity index is 997. The zero-order valence-electron chi connectivity index (χ0n) is 18.0. The fraction of sp³-hybridized carbons (Fsp3) is 0.259. The van der Waals surface area contributed by atoms with Crippen molar-refractivity contribution in [3.63, 3.8) is 0 Å². The topological polar surface area (TPSA) is 57.6 Å². The lowest BCUT2D eigenvalue weighted by Crippen LogP contribution is -2.32. The van der Waals surface area contributed by atoms with Crippen molar-refractivity contribution in [2.45, 2.75) is 39.0 Å². The second kappa shape index (κ2) is 11.1. The number of anilines is 1. The van der Waals surface area contributed by atoms with Crippen LogP contribution in [-0.2, 0) is 11.2 Å². The van der Waals surface area contributed by atoms with Crippen LogP contribution in [0.25, 0.3) is 11.1 Å². The lowest BCUT2D eigenvalue weighted by molar-refractivity contribution is -0.137. The highest BCUT2D eigenvalue weighted by Crippen LogP contribution is 2.26. The number of amides is 1. The van der Waals surface area contributed by atoms with Crippen molar-refractivity contribution in [1.29, 1.82) is 0 Å². The number of nitrogens with zero attached hydrogens (tertiary/aromatic N) is 1. The zero-order chi connectivity index (χ0) is 22.1. The highest BCUT2D eigenvalue weighted by Gasteiger charge is 2.20. The van der Waals surface area contributed by atoms with Crippen LogP contribution in [0.1, 0.15) is 48.5 Å². The molecule has 0 fully saturated rings. The summed E-state index contributed by atoms with van der Waals surface area (Å²) >= 11 is 0. The third-order valence-corrected chi connectivity index (χ3v) is 5.34. The molecule has 3 aromatic carbocycles. The summed E-state index contributed by atoms with van der Waals surface area (Å²) in [5, 5.41) is 8.96. The lowest BCUT2D eigenvalue weighted by atomic mass is 10.0. The van der Waals surface area contributed by atoms with Crippen LogP contribution in [0.4, 0.5) is 5.69 Å². The summed E-state index contributed by atoms with van der Waals surface area (Å²) in [6, 6.07) is 25.7. The maximum atomic E-state index is 13.5. The van der Waals surface area contributed by atoms with Crippen LogP contribution in [0.5, 0.6) is 0 Å². The van der Waals surface area contributed by atoms with Gasteiger partial charge in [0.05, 0.1) is 0 Å². The summed E-state index contributed by atoms with van der Waals surface area (Å²) in [6.45, 7) is 2.74. The molecular formula is C27H29NO3. The van der Waals surface area contributed by atoms with Gasteiger partial charge in [-0.2, -0.15) is 0 Å². The Hall–Kier alpha value is -3.40. The first-order chi connectivity index (χ1) is 15.1. The molecule has 0 bridgehead atoms. The third kappa shape index (κ3) is 6.05. The monoisotopic (exact) mass is 415 g/mol. The van der Waals surface area contributed by atoms with E-state index < -0.39 is 5.97 Å². The largest absolute Gasteiger partial charge is 0.481 e. The van der Waals surface area contributed by atoms with Gasteiger partial charge >= 0.3 is 5.97 Å². The number of carbonyl (C=O) groups excluding carboxylic acids is 1. The number of para-hydroxylation sites is 1. The van der Waals surface area contributed by atoms with E-state index in [0.29, 0.717) is 24.9 Å². The minimum Gasteiger partial charge on any atom is -0.481 e. The van der Waals surface area contributed by atoms with Gasteiger partial charge in [0.25, 0.3) is 5.91 Å². The van der Waals surface area contributed by atoms with Crippen LogP contribution in [-0.4, -0.2) is 23.5 Å². The van der Waals surface area contributed by atoms with Crippen LogP contribution in [0.2, 0.25) is 0 Å². The molecule has 0 unspecified atom stereocenters. The Morgan fingerprint density at radius 1 is 0.806 bits per heavy atom. The molecule has 0 aliphatic heterocycles. The molecule has 3 aromatic rings. The Balaban J connectivity index is 1.85. The van der Waals surface area contributed by atoms with Gasteiger partial charge in [0.2, 0.25) is 0 Å². The van der Waals surface area contributed by atoms with Crippen molar-refractivity contribution >= 4 is 17.6 Å². The van der Waals surface area contributed by atoms with E-state index in [1.54, 1.807) is 0 Å². The smallest absolute Gasteiger partial charge is 0.303 e. The Morgan fingerprint density at radius 3 is 2.13 bits per heavy atom. The van der Waals surface area contributed by atoms with E-state index in [4.69, 9.17) is 5.11 Å². The number of carboxylic acids is 1. The van der Waals surface area contributed by atoms with E-state index in [0.717, 1.165) is 35.2 Å². The van der Waals surface area contributed by atoms with Crippen LogP contribution >= 0.6 is 0 Å². The van der Waals surface area contributed by atoms with Crippen LogP contribution in [0, 0.1) is 0 Å². The predicted octanol–water partition coefficient (Wildman–Crippen LogP) is 6.21. The van der Waals surface area contributed by atoms with E-state index in [1.807, 2.05) is 71.6 Å². The molecule has 31 heavy (non-hydrogen) atoms. The number of benzene rings is 3. The fourth-order valence-electron chi connectivity index (χ4n) is 3.65. The van der Waals surface area contributed by atoms with Gasteiger partial charge in [-0.15, -0.1) is 0 Å². The third-order valence-electron chi connectivity index (χ3n) is 5.34. The highest BCUT2D eigenvalue weighted by atomic mass is 16.4. The molecule has 0 heterocycles. The SMILES string of the molecule is CCCCN(C(=O)c1ccc(-c2ccccc2)cc1)c1ccccc1CCCC(=O)O. The van der Waals surface area contributed by atoms with Gasteiger partial charge in [0.15, 0.2) is 0 Å². The Morgan fingerprint density at radius 2 is 1.45 bits per heavy atom. The number of aryl methyl sites for hydroxylation is 1. The first-order valence-electron chi connectivity index (χ1n) is 10.9. The number of rotatable bonds is 10. The lowest BCUT2D eigenvalue weighted by Gasteiger charge is -2.25. The molecule has 1 amide bonds. The predicted molar refractivity (Wildman–Crippen MR) is 125 cm³/mol. The molecule has 0 aliphatic rings. The van der Waals surface area contributed by atoms with Gasteiger partial charge in [-0.1, -0.05) is 74.0 Å². The maximum Gasteiger partial charge on any atom is 0.303 e. The molecule has 1 N–H and O–H groups in total. The van der Waals surface area contributed by atoms with Gasteiger partial charge < -0.3 is 10.0 Å². The normalized spacial score (nSPS) is 10.6. The van der Waals surface area contributed by atoms with Crippen LogP contribution in [0.15, 0.2) is 78.9 Å². The van der Waals surface area contributed by atoms with Crippen molar-refractivity contribution in [1.82, 2.24) is 0 Å². The number of unbranched alkanes of at least 4 members (excludes halogenated alkanes) is 1. The van der Waals surface area contributed by atoms with Crippen molar-refractivity contribution in [3.05, 3.63) is 90.0 Å². The molecule has 3 rings (SSSR count). The zero-order valence-corrected chi connectivity index (χ0v) is 18.0. The Labute approximate surface area is 184 Å². The number of hydrogen-bond acceptors (Lipinski definition) is 2. The van der Waals surface area contributed by atoms with Crippen molar-refractivity contribution in [2.75, 3.05) is 11.4 Å². The average Bonchev–Trinajstić information content (AvgIpc) is 2.80. The molecule has 0 saturated carbocycles. The van der Waals surface area contributed by atoms with E-state index in [1.165, 1.54) is 0 Å². The minimum atomic E-state index is -0.796. The summed E-state index contributed by atoms with van der Waals surface area (Å²) in [4.78, 5) is 26.2. The number of hydrogen-bond donors (Lipinski definition) is 1. The Kier molecular flexibility index (Phi) is 7.99. The maximum absolute atomic E-state index is 13.5. The first-order valence-corrected chi connectivity index (χ1v) is 10.9. The number of carbonyl (C=O) groups is 2. The second-order valence-corrected chi connectivity index (χ2v) is 7.63. The van der Waals surface area contributed by atoms with Gasteiger partial charge in [-0.25, -0.2) is 0 Å². The van der Waals surface area contributed by atoms with E-state index in [2.05, 4.69) is 19.1 Å². The van der Waals surface area contributed by atoms with E-state index >= 15 is 0 Å². The summed E-state index contributed by atoms with van der Waals surface area (Å²) in [7, 11) is 0. The first kappa shape index (κ1) is 22.3. The number of carboxylic acid groups (broad SMARTS) is 1. The summed E-state index contributed by atoms with van der Waals surface area (Å²) in [5.41, 5.74) is 4.73. The molecule has 0 spiro atoms. The van der Waals surface area contributed by atoms with Gasteiger partial charge in [-0.3, -0.25) is 9.59 Å². The van der Waals surface area contributed by atoms with Gasteiger partial charge in [0, 0.05) is 24.2 Å². The molecule has 4 nitrogen and oxygen atoms in total. The highest BCUT2D eigenvalue weighted by molar-refractivity contribution is 6.06. The van der Waals surface area contributed by atoms with Crippen molar-refractivity contribution < 1.29 is 14.7 Å². The average molecular weight is 416 g/mol. The van der Waals surface area contributed by atoms with Gasteiger partial charge in [-0.05, 0) is 54.2 Å². The summed E-state index contributed by atoms with van der Waals surface area (Å²) < 4.78 is 0. The molecule has 0 saturated heterocycles. The molecule has 4 heteroatoms. The van der Waals surface area contributed by atoms with Crippen LogP contribution in [0.3, 0.4) is 0 Å². The van der Waals surface area contributed by atoms with Crippen molar-refractivity contribution in [3.8, 4) is 11.1 Å². The molecule has 0 aromatic heterocycles. The van der Waals surface area contributed by atoms with E-state index in [9.17, 15) is 9.59 Å². The van der Waals surface area contributed by atoms with E-state index in [-0.39, 0.29) is 12.3 Å². The molecule has 0 atom stereocenters. The second-order valence-electron chi connectivity index (χ2n) is 7.63. The van der Waals surface area contributed by atoms with Crippen molar-refractivity contribution in [2.24, 2.45) is 0 Å². The number of aliphatic carboxylic acids is 1. The molecule has 0 radical (unpaired) electrons. The minimum absolute atomic E-state index is 0.0289. The molecule has 160 valence electrons.